The maximum absolute atomic E-state index is 12.8. The Bertz CT molecular complexity index is 1670. The predicted octanol–water partition coefficient (Wildman–Crippen LogP) is 8.13. The highest BCUT2D eigenvalue weighted by molar-refractivity contribution is 7.47. The van der Waals surface area contributed by atoms with Crippen molar-refractivity contribution in [2.45, 2.75) is 159 Å². The van der Waals surface area contributed by atoms with Crippen LogP contribution >= 0.6 is 7.82 Å². The number of allylic oxidation sites excluding steroid dienone is 21. The summed E-state index contributed by atoms with van der Waals surface area (Å²) >= 11 is 0. The zero-order valence-corrected chi connectivity index (χ0v) is 39.7. The monoisotopic (exact) mass is 945 g/mol. The molecule has 1 saturated carbocycles. The summed E-state index contributed by atoms with van der Waals surface area (Å²) in [6.45, 7) is 2.72. The molecule has 1 fully saturated rings. The highest BCUT2D eigenvalue weighted by Gasteiger charge is 2.51. The van der Waals surface area contributed by atoms with Gasteiger partial charge in [0, 0.05) is 12.8 Å². The van der Waals surface area contributed by atoms with E-state index in [2.05, 4.69) is 73.8 Å². The topological polar surface area (TPSA) is 230 Å². The van der Waals surface area contributed by atoms with Gasteiger partial charge in [-0.15, -0.1) is 0 Å². The summed E-state index contributed by atoms with van der Waals surface area (Å²) in [7, 11) is -5.17. The molecule has 0 aromatic heterocycles. The second-order valence-corrected chi connectivity index (χ2v) is 16.7. The second kappa shape index (κ2) is 39.0. The summed E-state index contributed by atoms with van der Waals surface area (Å²) < 4.78 is 33.4. The largest absolute Gasteiger partial charge is 0.472 e. The molecule has 1 aliphatic rings. The lowest BCUT2D eigenvalue weighted by Crippen LogP contribution is -2.64. The van der Waals surface area contributed by atoms with Crippen LogP contribution in [0.4, 0.5) is 0 Å². The van der Waals surface area contributed by atoms with E-state index in [0.29, 0.717) is 32.1 Å². The fourth-order valence-corrected chi connectivity index (χ4v) is 6.80. The van der Waals surface area contributed by atoms with Gasteiger partial charge in [0.05, 0.1) is 12.7 Å². The van der Waals surface area contributed by atoms with Crippen molar-refractivity contribution >= 4 is 19.8 Å². The summed E-state index contributed by atoms with van der Waals surface area (Å²) in [5, 5.41) is 59.6. The summed E-state index contributed by atoms with van der Waals surface area (Å²) in [6.07, 6.45) is 40.4. The second-order valence-electron chi connectivity index (χ2n) is 15.3. The molecule has 0 heterocycles. The molecular formula is C51H77O14P. The van der Waals surface area contributed by atoms with E-state index in [0.717, 1.165) is 51.4 Å². The Balaban J connectivity index is 2.58. The van der Waals surface area contributed by atoms with Crippen LogP contribution < -0.4 is 0 Å². The third-order valence-corrected chi connectivity index (χ3v) is 10.6. The van der Waals surface area contributed by atoms with Crippen LogP contribution in [0, 0.1) is 0 Å². The molecule has 0 amide bonds. The first kappa shape index (κ1) is 60.0. The lowest BCUT2D eigenvalue weighted by atomic mass is 9.85. The van der Waals surface area contributed by atoms with Gasteiger partial charge in [-0.1, -0.05) is 148 Å². The van der Waals surface area contributed by atoms with Crippen LogP contribution in [0.2, 0.25) is 0 Å². The Morgan fingerprint density at radius 2 is 0.985 bits per heavy atom. The van der Waals surface area contributed by atoms with Crippen LogP contribution in [0.25, 0.3) is 0 Å². The normalized spacial score (nSPS) is 23.0. The summed E-state index contributed by atoms with van der Waals surface area (Å²) in [5.74, 6) is -1.30. The van der Waals surface area contributed by atoms with Crippen molar-refractivity contribution in [3.63, 3.8) is 0 Å². The van der Waals surface area contributed by atoms with E-state index in [1.807, 2.05) is 67.7 Å². The fourth-order valence-electron chi connectivity index (χ4n) is 5.83. The highest BCUT2D eigenvalue weighted by atomic mass is 31.2. The van der Waals surface area contributed by atoms with Crippen LogP contribution in [0.3, 0.4) is 0 Å². The molecule has 15 heteroatoms. The number of phosphoric acid groups is 1. The quantitative estimate of drug-likeness (QED) is 0.0105. The molecule has 0 spiro atoms. The molecule has 0 radical (unpaired) electrons. The standard InChI is InChI=1S/C51H77O14P/c1-3-5-6-7-8-9-10-11-12-13-14-15-16-21-24-27-30-33-36-39-45(54)64-43(41-63-66(60,61)65-51-49(58)47(56)46(55)48(57)50(51)59)40-62-44(53)38-35-32-29-26-23-20-18-17-19-22-25-28-31-34-37-42(52)4-2/h5-6,8-9,11-12,14-15,18-22,24,26,28-31,33-34,37,42-43,46-52,55-59H,3-4,7,10,13,16-17,23,25,27,32,35-36,38-41H2,1-2H3,(H,60,61)/b6-5-,9-8-,12-11-,15-14-,20-18-,22-19-,24-21-,29-26-,31-28-,33-30-,37-34+/t42-,43+,46?,47-,48+,49+,50+,51?/m0/s1. The highest BCUT2D eigenvalue weighted by Crippen LogP contribution is 2.47. The summed E-state index contributed by atoms with van der Waals surface area (Å²) in [6, 6.07) is 0. The number of rotatable bonds is 35. The van der Waals surface area contributed by atoms with Crippen LogP contribution in [-0.2, 0) is 32.7 Å². The molecule has 1 aliphatic carbocycles. The van der Waals surface area contributed by atoms with Gasteiger partial charge in [0.15, 0.2) is 6.10 Å². The number of hydrogen-bond acceptors (Lipinski definition) is 13. The first-order valence-electron chi connectivity index (χ1n) is 23.1. The van der Waals surface area contributed by atoms with E-state index >= 15 is 0 Å². The Kier molecular flexibility index (Phi) is 35.4. The van der Waals surface area contributed by atoms with E-state index in [1.54, 1.807) is 6.08 Å². The van der Waals surface area contributed by atoms with Gasteiger partial charge in [-0.05, 0) is 83.5 Å². The van der Waals surface area contributed by atoms with Crippen molar-refractivity contribution in [3.8, 4) is 0 Å². The average Bonchev–Trinajstić information content (AvgIpc) is 3.30. The molecule has 1 rings (SSSR count). The Hall–Kier alpha value is -4.05. The zero-order chi connectivity index (χ0) is 48.7. The number of phosphoric ester groups is 1. The maximum Gasteiger partial charge on any atom is 0.472 e. The van der Waals surface area contributed by atoms with Gasteiger partial charge in [0.25, 0.3) is 0 Å². The van der Waals surface area contributed by atoms with Gasteiger partial charge >= 0.3 is 19.8 Å². The molecule has 3 unspecified atom stereocenters. The Morgan fingerprint density at radius 1 is 0.545 bits per heavy atom. The van der Waals surface area contributed by atoms with Crippen molar-refractivity contribution in [2.75, 3.05) is 13.2 Å². The molecular weight excluding hydrogens is 868 g/mol. The minimum atomic E-state index is -5.17. The molecule has 0 aliphatic heterocycles. The van der Waals surface area contributed by atoms with E-state index < -0.39 is 81.8 Å². The smallest absolute Gasteiger partial charge is 0.462 e. The van der Waals surface area contributed by atoms with Gasteiger partial charge in [0.2, 0.25) is 0 Å². The van der Waals surface area contributed by atoms with E-state index in [9.17, 15) is 49.7 Å². The Morgan fingerprint density at radius 3 is 1.47 bits per heavy atom. The van der Waals surface area contributed by atoms with Crippen molar-refractivity contribution < 1.29 is 68.2 Å². The van der Waals surface area contributed by atoms with Crippen LogP contribution in [0.5, 0.6) is 0 Å². The van der Waals surface area contributed by atoms with Gasteiger partial charge in [-0.3, -0.25) is 18.6 Å². The number of aliphatic hydroxyl groups is 6. The first-order chi connectivity index (χ1) is 31.8. The summed E-state index contributed by atoms with van der Waals surface area (Å²) in [4.78, 5) is 35.7. The molecule has 66 heavy (non-hydrogen) atoms. The number of carbonyl (C=O) groups excluding carboxylic acids is 2. The van der Waals surface area contributed by atoms with E-state index in [1.165, 1.54) is 0 Å². The van der Waals surface area contributed by atoms with Crippen molar-refractivity contribution in [3.05, 3.63) is 134 Å². The molecule has 0 aromatic carbocycles. The number of unbranched alkanes of at least 4 members (excludes halogenated alkanes) is 1. The number of hydrogen-bond donors (Lipinski definition) is 7. The van der Waals surface area contributed by atoms with Gasteiger partial charge < -0.3 is 45.0 Å². The van der Waals surface area contributed by atoms with Gasteiger partial charge in [-0.2, -0.15) is 0 Å². The minimum Gasteiger partial charge on any atom is -0.462 e. The molecule has 0 aromatic rings. The maximum atomic E-state index is 12.8. The Labute approximate surface area is 392 Å². The fraction of sp³-hybridized carbons (Fsp3) is 0.529. The molecule has 9 atom stereocenters. The molecule has 370 valence electrons. The zero-order valence-electron chi connectivity index (χ0n) is 38.8. The molecule has 0 bridgehead atoms. The summed E-state index contributed by atoms with van der Waals surface area (Å²) in [5.41, 5.74) is 0. The number of aliphatic hydroxyl groups excluding tert-OH is 6. The molecule has 7 N–H and O–H groups in total. The van der Waals surface area contributed by atoms with Crippen molar-refractivity contribution in [1.29, 1.82) is 0 Å². The third-order valence-electron chi connectivity index (χ3n) is 9.66. The number of esters is 2. The number of ether oxygens (including phenoxy) is 2. The van der Waals surface area contributed by atoms with E-state index in [4.69, 9.17) is 18.5 Å². The SMILES string of the molecule is CC/C=C\C/C=C\C/C=C\C/C=C\C/C=C\C/C=C\CCC(=O)O[C@H](COC(=O)CCC/C=C\C/C=C\C/C=C\C/C=C\C=C\[C@@H](O)CC)COP(=O)(O)OC1[C@H](O)[C@H](O)C(O)[C@H](O)[C@H]1O. The third kappa shape index (κ3) is 31.0. The predicted molar refractivity (Wildman–Crippen MR) is 259 cm³/mol. The first-order valence-corrected chi connectivity index (χ1v) is 24.6. The number of carbonyl (C=O) groups is 2. The van der Waals surface area contributed by atoms with Crippen LogP contribution in [0.1, 0.15) is 110 Å². The lowest BCUT2D eigenvalue weighted by molar-refractivity contribution is -0.220. The van der Waals surface area contributed by atoms with Crippen LogP contribution in [-0.4, -0.2) is 110 Å². The van der Waals surface area contributed by atoms with Gasteiger partial charge in [0.1, 0.15) is 43.2 Å². The van der Waals surface area contributed by atoms with Crippen LogP contribution in [0.15, 0.2) is 134 Å². The lowest BCUT2D eigenvalue weighted by Gasteiger charge is -2.41. The molecule has 14 nitrogen and oxygen atoms in total. The average molecular weight is 945 g/mol. The van der Waals surface area contributed by atoms with Gasteiger partial charge in [-0.25, -0.2) is 4.57 Å². The van der Waals surface area contributed by atoms with E-state index in [-0.39, 0.29) is 12.8 Å². The van der Waals surface area contributed by atoms with Crippen molar-refractivity contribution in [1.82, 2.24) is 0 Å². The minimum absolute atomic E-state index is 0.0498. The van der Waals surface area contributed by atoms with Crippen molar-refractivity contribution in [2.24, 2.45) is 0 Å². The molecule has 0 saturated heterocycles.